The second kappa shape index (κ2) is 9.53. The molecule has 0 spiro atoms. The number of hydrogen-bond acceptors (Lipinski definition) is 4. The third kappa shape index (κ3) is 6.59. The van der Waals surface area contributed by atoms with Gasteiger partial charge in [0.15, 0.2) is 0 Å². The summed E-state index contributed by atoms with van der Waals surface area (Å²) in [6, 6.07) is 7.75. The van der Waals surface area contributed by atoms with E-state index in [1.165, 1.54) is 0 Å². The van der Waals surface area contributed by atoms with Crippen molar-refractivity contribution in [2.24, 2.45) is 11.7 Å². The molecule has 0 saturated heterocycles. The quantitative estimate of drug-likeness (QED) is 0.758. The molecule has 5 heteroatoms. The summed E-state index contributed by atoms with van der Waals surface area (Å²) in [5.74, 6) is 1.17. The van der Waals surface area contributed by atoms with E-state index in [1.54, 1.807) is 26.0 Å². The fraction of sp³-hybridized carbons (Fsp3) is 0.611. The average Bonchev–Trinajstić information content (AvgIpc) is 2.56. The van der Waals surface area contributed by atoms with Gasteiger partial charge in [0, 0.05) is 19.6 Å². The predicted molar refractivity (Wildman–Crippen MR) is 92.3 cm³/mol. The fourth-order valence-corrected chi connectivity index (χ4v) is 2.15. The Balaban J connectivity index is 2.43. The van der Waals surface area contributed by atoms with Gasteiger partial charge in [0.1, 0.15) is 11.9 Å². The van der Waals surface area contributed by atoms with E-state index in [9.17, 15) is 4.79 Å². The number of carbonyl (C=O) groups excluding carboxylic acids is 1. The minimum absolute atomic E-state index is 0.0242. The first-order valence-corrected chi connectivity index (χ1v) is 8.10. The number of benzene rings is 1. The summed E-state index contributed by atoms with van der Waals surface area (Å²) in [7, 11) is 3.42. The molecule has 0 radical (unpaired) electrons. The lowest BCUT2D eigenvalue weighted by Gasteiger charge is -2.24. The molecule has 0 aromatic heterocycles. The molecule has 0 aliphatic carbocycles. The molecule has 1 aromatic rings. The van der Waals surface area contributed by atoms with Crippen molar-refractivity contribution in [2.45, 2.75) is 45.9 Å². The lowest BCUT2D eigenvalue weighted by molar-refractivity contribution is -0.142. The SMILES string of the molecule is COc1cccc(COC(C)C(=O)N(C)CCC(N)C(C)C)c1. The second-order valence-corrected chi connectivity index (χ2v) is 6.26. The van der Waals surface area contributed by atoms with Crippen LogP contribution in [0.15, 0.2) is 24.3 Å². The van der Waals surface area contributed by atoms with Crippen molar-refractivity contribution >= 4 is 5.91 Å². The number of nitrogens with two attached hydrogens (primary N) is 1. The summed E-state index contributed by atoms with van der Waals surface area (Å²) >= 11 is 0. The van der Waals surface area contributed by atoms with Gasteiger partial charge in [0.05, 0.1) is 13.7 Å². The Labute approximate surface area is 139 Å². The van der Waals surface area contributed by atoms with Gasteiger partial charge in [-0.1, -0.05) is 26.0 Å². The molecule has 0 aliphatic heterocycles. The first-order chi connectivity index (χ1) is 10.8. The molecule has 0 heterocycles. The average molecular weight is 322 g/mol. The predicted octanol–water partition coefficient (Wildman–Crippen LogP) is 2.43. The molecule has 0 fully saturated rings. The van der Waals surface area contributed by atoms with E-state index < -0.39 is 6.10 Å². The molecule has 1 rings (SSSR count). The summed E-state index contributed by atoms with van der Waals surface area (Å²) in [5.41, 5.74) is 7.00. The van der Waals surface area contributed by atoms with Gasteiger partial charge in [0.25, 0.3) is 5.91 Å². The summed E-state index contributed by atoms with van der Waals surface area (Å²) in [6.45, 7) is 6.98. The number of rotatable bonds is 9. The molecule has 2 atom stereocenters. The van der Waals surface area contributed by atoms with E-state index in [2.05, 4.69) is 13.8 Å². The van der Waals surface area contributed by atoms with Crippen molar-refractivity contribution in [3.63, 3.8) is 0 Å². The van der Waals surface area contributed by atoms with Crippen LogP contribution >= 0.6 is 0 Å². The summed E-state index contributed by atoms with van der Waals surface area (Å²) in [4.78, 5) is 14.0. The number of amides is 1. The number of ether oxygens (including phenoxy) is 2. The van der Waals surface area contributed by atoms with Crippen LogP contribution in [0.5, 0.6) is 5.75 Å². The van der Waals surface area contributed by atoms with Crippen LogP contribution in [0.4, 0.5) is 0 Å². The van der Waals surface area contributed by atoms with Gasteiger partial charge in [-0.2, -0.15) is 0 Å². The summed E-state index contributed by atoms with van der Waals surface area (Å²) in [6.07, 6.45) is 0.309. The molecule has 0 aliphatic rings. The van der Waals surface area contributed by atoms with Gasteiger partial charge in [-0.05, 0) is 37.0 Å². The number of methoxy groups -OCH3 is 1. The maximum absolute atomic E-state index is 12.3. The van der Waals surface area contributed by atoms with Crippen LogP contribution in [0.3, 0.4) is 0 Å². The summed E-state index contributed by atoms with van der Waals surface area (Å²) in [5, 5.41) is 0. The normalized spacial score (nSPS) is 13.7. The Bertz CT molecular complexity index is 491. The maximum Gasteiger partial charge on any atom is 0.251 e. The van der Waals surface area contributed by atoms with Crippen LogP contribution in [0, 0.1) is 5.92 Å². The highest BCUT2D eigenvalue weighted by atomic mass is 16.5. The molecule has 1 aromatic carbocycles. The van der Waals surface area contributed by atoms with Gasteiger partial charge in [-0.3, -0.25) is 4.79 Å². The third-order valence-electron chi connectivity index (χ3n) is 4.01. The first kappa shape index (κ1) is 19.5. The lowest BCUT2D eigenvalue weighted by atomic mass is 10.0. The van der Waals surface area contributed by atoms with E-state index in [-0.39, 0.29) is 11.9 Å². The zero-order chi connectivity index (χ0) is 17.4. The standard InChI is InChI=1S/C18H30N2O3/c1-13(2)17(19)9-10-20(4)18(21)14(3)23-12-15-7-6-8-16(11-15)22-5/h6-8,11,13-14,17H,9-10,12,19H2,1-5H3. The number of hydrogen-bond donors (Lipinski definition) is 1. The molecule has 0 bridgehead atoms. The number of likely N-dealkylation sites (N-methyl/N-ethyl adjacent to an activating group) is 1. The molecule has 0 saturated carbocycles. The number of carbonyl (C=O) groups is 1. The number of nitrogens with zero attached hydrogens (tertiary/aromatic N) is 1. The Kier molecular flexibility index (Phi) is 8.06. The molecule has 130 valence electrons. The van der Waals surface area contributed by atoms with E-state index in [0.29, 0.717) is 19.1 Å². The molecule has 2 unspecified atom stereocenters. The highest BCUT2D eigenvalue weighted by Crippen LogP contribution is 2.14. The van der Waals surface area contributed by atoms with Crippen LogP contribution in [-0.2, 0) is 16.1 Å². The van der Waals surface area contributed by atoms with Crippen LogP contribution in [0.25, 0.3) is 0 Å². The van der Waals surface area contributed by atoms with Crippen LogP contribution in [0.2, 0.25) is 0 Å². The fourth-order valence-electron chi connectivity index (χ4n) is 2.15. The maximum atomic E-state index is 12.3. The lowest BCUT2D eigenvalue weighted by Crippen LogP contribution is -2.39. The Morgan fingerprint density at radius 1 is 1.30 bits per heavy atom. The van der Waals surface area contributed by atoms with E-state index in [0.717, 1.165) is 17.7 Å². The van der Waals surface area contributed by atoms with E-state index in [1.807, 2.05) is 24.3 Å². The van der Waals surface area contributed by atoms with Crippen molar-refractivity contribution in [2.75, 3.05) is 20.7 Å². The van der Waals surface area contributed by atoms with Crippen molar-refractivity contribution in [3.05, 3.63) is 29.8 Å². The van der Waals surface area contributed by atoms with Crippen LogP contribution < -0.4 is 10.5 Å². The largest absolute Gasteiger partial charge is 0.497 e. The molecular formula is C18H30N2O3. The van der Waals surface area contributed by atoms with Gasteiger partial charge in [-0.15, -0.1) is 0 Å². The molecule has 2 N–H and O–H groups in total. The smallest absolute Gasteiger partial charge is 0.251 e. The summed E-state index contributed by atoms with van der Waals surface area (Å²) < 4.78 is 10.9. The zero-order valence-corrected chi connectivity index (χ0v) is 14.9. The van der Waals surface area contributed by atoms with Crippen molar-refractivity contribution in [3.8, 4) is 5.75 Å². The van der Waals surface area contributed by atoms with Crippen molar-refractivity contribution < 1.29 is 14.3 Å². The topological polar surface area (TPSA) is 64.8 Å². The monoisotopic (exact) mass is 322 g/mol. The third-order valence-corrected chi connectivity index (χ3v) is 4.01. The molecule has 1 amide bonds. The van der Waals surface area contributed by atoms with E-state index >= 15 is 0 Å². The van der Waals surface area contributed by atoms with E-state index in [4.69, 9.17) is 15.2 Å². The second-order valence-electron chi connectivity index (χ2n) is 6.26. The molecule has 5 nitrogen and oxygen atoms in total. The minimum Gasteiger partial charge on any atom is -0.497 e. The van der Waals surface area contributed by atoms with Gasteiger partial charge in [-0.25, -0.2) is 0 Å². The molecule has 23 heavy (non-hydrogen) atoms. The van der Waals surface area contributed by atoms with Crippen LogP contribution in [0.1, 0.15) is 32.8 Å². The Morgan fingerprint density at radius 3 is 2.61 bits per heavy atom. The first-order valence-electron chi connectivity index (χ1n) is 8.10. The van der Waals surface area contributed by atoms with Gasteiger partial charge in [0.2, 0.25) is 0 Å². The zero-order valence-electron chi connectivity index (χ0n) is 14.9. The van der Waals surface area contributed by atoms with Gasteiger partial charge >= 0.3 is 0 Å². The van der Waals surface area contributed by atoms with Crippen molar-refractivity contribution in [1.82, 2.24) is 4.90 Å². The van der Waals surface area contributed by atoms with Gasteiger partial charge < -0.3 is 20.1 Å². The highest BCUT2D eigenvalue weighted by molar-refractivity contribution is 5.80. The van der Waals surface area contributed by atoms with Crippen molar-refractivity contribution in [1.29, 1.82) is 0 Å². The molecular weight excluding hydrogens is 292 g/mol. The van der Waals surface area contributed by atoms with Crippen LogP contribution in [-0.4, -0.2) is 43.7 Å². The minimum atomic E-state index is -0.485. The Morgan fingerprint density at radius 2 is 2.00 bits per heavy atom. The highest BCUT2D eigenvalue weighted by Gasteiger charge is 2.19. The Hall–Kier alpha value is -1.59.